The van der Waals surface area contributed by atoms with Crippen LogP contribution in [-0.2, 0) is 0 Å². The fraction of sp³-hybridized carbons (Fsp3) is 0. The third kappa shape index (κ3) is 1.59. The van der Waals surface area contributed by atoms with Crippen LogP contribution in [0.25, 0.3) is 0 Å². The maximum atomic E-state index is 13.3. The molecular weight excluding hydrogens is 249 g/mol. The lowest BCUT2D eigenvalue weighted by Gasteiger charge is -2.13. The first-order valence-electron chi connectivity index (χ1n) is 5.56. The minimum Gasteiger partial charge on any atom is -0.505 e. The molecule has 0 radical (unpaired) electrons. The van der Waals surface area contributed by atoms with Crippen molar-refractivity contribution in [3.63, 3.8) is 0 Å². The Labute approximate surface area is 107 Å². The molecule has 19 heavy (non-hydrogen) atoms. The fourth-order valence-corrected chi connectivity index (χ4v) is 2.06. The number of phenolic OH excluding ortho intramolecular Hbond substituents is 1. The molecule has 0 saturated carbocycles. The van der Waals surface area contributed by atoms with Gasteiger partial charge in [0.25, 0.3) is 11.8 Å². The van der Waals surface area contributed by atoms with Crippen LogP contribution in [0, 0.1) is 5.82 Å². The van der Waals surface area contributed by atoms with Crippen molar-refractivity contribution in [1.82, 2.24) is 0 Å². The molecule has 0 bridgehead atoms. The maximum Gasteiger partial charge on any atom is 0.266 e. The van der Waals surface area contributed by atoms with Crippen molar-refractivity contribution >= 4 is 17.5 Å². The van der Waals surface area contributed by atoms with Crippen molar-refractivity contribution in [2.24, 2.45) is 0 Å². The summed E-state index contributed by atoms with van der Waals surface area (Å²) in [6, 6.07) is 9.79. The van der Waals surface area contributed by atoms with Crippen LogP contribution in [-0.4, -0.2) is 16.9 Å². The minimum atomic E-state index is -0.881. The first kappa shape index (κ1) is 11.4. The number of benzene rings is 2. The number of carbonyl (C=O) groups excluding carboxylic acids is 2. The quantitative estimate of drug-likeness (QED) is 0.798. The van der Waals surface area contributed by atoms with Crippen LogP contribution >= 0.6 is 0 Å². The first-order valence-corrected chi connectivity index (χ1v) is 5.56. The van der Waals surface area contributed by atoms with Gasteiger partial charge in [-0.15, -0.1) is 0 Å². The molecule has 0 spiro atoms. The van der Waals surface area contributed by atoms with Crippen molar-refractivity contribution in [3.8, 4) is 5.75 Å². The van der Waals surface area contributed by atoms with Gasteiger partial charge in [0, 0.05) is 6.07 Å². The highest BCUT2D eigenvalue weighted by Crippen LogP contribution is 2.30. The van der Waals surface area contributed by atoms with Crippen molar-refractivity contribution in [3.05, 3.63) is 59.4 Å². The largest absolute Gasteiger partial charge is 0.505 e. The van der Waals surface area contributed by atoms with Gasteiger partial charge in [-0.25, -0.2) is 9.29 Å². The minimum absolute atomic E-state index is 0.0986. The van der Waals surface area contributed by atoms with Crippen molar-refractivity contribution in [1.29, 1.82) is 0 Å². The molecule has 0 aliphatic carbocycles. The topological polar surface area (TPSA) is 57.6 Å². The van der Waals surface area contributed by atoms with E-state index < -0.39 is 23.4 Å². The predicted octanol–water partition coefficient (Wildman–Crippen LogP) is 2.33. The van der Waals surface area contributed by atoms with Crippen LogP contribution in [0.5, 0.6) is 5.75 Å². The SMILES string of the molecule is O=C1c2ccccc2C(=O)N1c1ccc(O)c(F)c1. The molecule has 1 heterocycles. The molecule has 1 aliphatic heterocycles. The average molecular weight is 257 g/mol. The Bertz CT molecular complexity index is 677. The Morgan fingerprint density at radius 2 is 1.53 bits per heavy atom. The van der Waals surface area contributed by atoms with E-state index in [0.717, 1.165) is 17.0 Å². The smallest absolute Gasteiger partial charge is 0.266 e. The van der Waals surface area contributed by atoms with Gasteiger partial charge in [0.1, 0.15) is 0 Å². The second-order valence-corrected chi connectivity index (χ2v) is 4.13. The number of imide groups is 1. The molecule has 4 nitrogen and oxygen atoms in total. The first-order chi connectivity index (χ1) is 9.09. The summed E-state index contributed by atoms with van der Waals surface area (Å²) in [7, 11) is 0. The molecule has 2 amide bonds. The fourth-order valence-electron chi connectivity index (χ4n) is 2.06. The van der Waals surface area contributed by atoms with Crippen LogP contribution in [0.3, 0.4) is 0 Å². The van der Waals surface area contributed by atoms with Crippen LogP contribution in [0.2, 0.25) is 0 Å². The van der Waals surface area contributed by atoms with Gasteiger partial charge in [0.05, 0.1) is 16.8 Å². The molecule has 0 aromatic heterocycles. The van der Waals surface area contributed by atoms with E-state index in [0.29, 0.717) is 11.1 Å². The normalized spacial score (nSPS) is 13.8. The molecule has 0 atom stereocenters. The Hall–Kier alpha value is -2.69. The van der Waals surface area contributed by atoms with Gasteiger partial charge in [-0.3, -0.25) is 9.59 Å². The van der Waals surface area contributed by atoms with Crippen molar-refractivity contribution in [2.75, 3.05) is 4.90 Å². The Morgan fingerprint density at radius 1 is 0.947 bits per heavy atom. The standard InChI is InChI=1S/C14H8FNO3/c15-11-7-8(5-6-12(11)17)16-13(18)9-3-1-2-4-10(9)14(16)19/h1-7,17H. The van der Waals surface area contributed by atoms with E-state index in [1.807, 2.05) is 0 Å². The van der Waals surface area contributed by atoms with Gasteiger partial charge in [-0.2, -0.15) is 0 Å². The number of nitrogens with zero attached hydrogens (tertiary/aromatic N) is 1. The molecule has 5 heteroatoms. The number of fused-ring (bicyclic) bond motifs is 1. The van der Waals surface area contributed by atoms with E-state index >= 15 is 0 Å². The summed E-state index contributed by atoms with van der Waals surface area (Å²) < 4.78 is 13.3. The van der Waals surface area contributed by atoms with Gasteiger partial charge in [-0.1, -0.05) is 12.1 Å². The lowest BCUT2D eigenvalue weighted by atomic mass is 10.1. The molecular formula is C14H8FNO3. The van der Waals surface area contributed by atoms with Gasteiger partial charge >= 0.3 is 0 Å². The Kier molecular flexibility index (Phi) is 2.35. The van der Waals surface area contributed by atoms with Crippen LogP contribution in [0.1, 0.15) is 20.7 Å². The average Bonchev–Trinajstić information content (AvgIpc) is 2.66. The van der Waals surface area contributed by atoms with E-state index in [1.54, 1.807) is 24.3 Å². The zero-order valence-corrected chi connectivity index (χ0v) is 9.63. The van der Waals surface area contributed by atoms with Gasteiger partial charge in [-0.05, 0) is 24.3 Å². The molecule has 0 fully saturated rings. The highest BCUT2D eigenvalue weighted by molar-refractivity contribution is 6.34. The number of hydrogen-bond donors (Lipinski definition) is 1. The Balaban J connectivity index is 2.11. The number of amides is 2. The molecule has 94 valence electrons. The number of phenols is 1. The highest BCUT2D eigenvalue weighted by Gasteiger charge is 2.36. The number of aromatic hydroxyl groups is 1. The van der Waals surface area contributed by atoms with E-state index in [1.165, 1.54) is 6.07 Å². The van der Waals surface area contributed by atoms with Crippen LogP contribution < -0.4 is 4.90 Å². The molecule has 0 saturated heterocycles. The molecule has 0 unspecified atom stereocenters. The number of carbonyl (C=O) groups is 2. The van der Waals surface area contributed by atoms with E-state index in [4.69, 9.17) is 5.11 Å². The van der Waals surface area contributed by atoms with Crippen LogP contribution in [0.15, 0.2) is 42.5 Å². The van der Waals surface area contributed by atoms with Gasteiger partial charge in [0.15, 0.2) is 11.6 Å². The summed E-state index contributed by atoms with van der Waals surface area (Å²) in [5, 5.41) is 9.13. The van der Waals surface area contributed by atoms with Crippen LogP contribution in [0.4, 0.5) is 10.1 Å². The Morgan fingerprint density at radius 3 is 2.05 bits per heavy atom. The lowest BCUT2D eigenvalue weighted by molar-refractivity contribution is 0.0926. The summed E-state index contributed by atoms with van der Waals surface area (Å²) in [4.78, 5) is 25.1. The van der Waals surface area contributed by atoms with Crippen molar-refractivity contribution in [2.45, 2.75) is 0 Å². The van der Waals surface area contributed by atoms with Crippen molar-refractivity contribution < 1.29 is 19.1 Å². The van der Waals surface area contributed by atoms with Gasteiger partial charge in [0.2, 0.25) is 0 Å². The van der Waals surface area contributed by atoms with E-state index in [9.17, 15) is 14.0 Å². The monoisotopic (exact) mass is 257 g/mol. The van der Waals surface area contributed by atoms with E-state index in [2.05, 4.69) is 0 Å². The second-order valence-electron chi connectivity index (χ2n) is 4.13. The second kappa shape index (κ2) is 3.91. The zero-order valence-electron chi connectivity index (χ0n) is 9.63. The maximum absolute atomic E-state index is 13.3. The summed E-state index contributed by atoms with van der Waals surface area (Å²) in [5.74, 6) is -2.40. The van der Waals surface area contributed by atoms with E-state index in [-0.39, 0.29) is 5.69 Å². The van der Waals surface area contributed by atoms with Gasteiger partial charge < -0.3 is 5.11 Å². The highest BCUT2D eigenvalue weighted by atomic mass is 19.1. The summed E-state index contributed by atoms with van der Waals surface area (Å²) in [6.07, 6.45) is 0. The number of halogens is 1. The molecule has 1 N–H and O–H groups in total. The third-order valence-corrected chi connectivity index (χ3v) is 2.98. The number of rotatable bonds is 1. The number of anilines is 1. The predicted molar refractivity (Wildman–Crippen MR) is 65.6 cm³/mol. The summed E-state index contributed by atoms with van der Waals surface area (Å²) >= 11 is 0. The molecule has 3 rings (SSSR count). The number of hydrogen-bond acceptors (Lipinski definition) is 3. The molecule has 2 aromatic rings. The summed E-state index contributed by atoms with van der Waals surface area (Å²) in [5.41, 5.74) is 0.684. The zero-order chi connectivity index (χ0) is 13.6. The lowest BCUT2D eigenvalue weighted by Crippen LogP contribution is -2.29. The summed E-state index contributed by atoms with van der Waals surface area (Å²) in [6.45, 7) is 0. The molecule has 1 aliphatic rings. The molecule has 2 aromatic carbocycles. The third-order valence-electron chi connectivity index (χ3n) is 2.98.